The van der Waals surface area contributed by atoms with Crippen LogP contribution in [0.3, 0.4) is 0 Å². The van der Waals surface area contributed by atoms with Crippen molar-refractivity contribution < 1.29 is 80.2 Å². The molecule has 96 heavy (non-hydrogen) atoms. The summed E-state index contributed by atoms with van der Waals surface area (Å²) in [5.74, 6) is -0.550. The van der Waals surface area contributed by atoms with E-state index in [0.717, 1.165) is 102 Å². The quantitative estimate of drug-likeness (QED) is 0.0222. The Kier molecular flexibility index (Phi) is 67.4. The van der Waals surface area contributed by atoms with Gasteiger partial charge < -0.3 is 33.8 Å². The molecular weight excluding hydrogens is 1260 g/mol. The number of phosphoric acid groups is 2. The molecule has 0 amide bonds. The first-order valence-electron chi connectivity index (χ1n) is 40.0. The molecule has 0 bridgehead atoms. The van der Waals surface area contributed by atoms with Gasteiger partial charge in [-0.2, -0.15) is 0 Å². The Labute approximate surface area is 588 Å². The van der Waals surface area contributed by atoms with Gasteiger partial charge >= 0.3 is 39.5 Å². The van der Waals surface area contributed by atoms with Gasteiger partial charge in [0, 0.05) is 25.7 Å². The van der Waals surface area contributed by atoms with E-state index < -0.39 is 97.5 Å². The number of hydrogen-bond acceptors (Lipinski definition) is 15. The lowest BCUT2D eigenvalue weighted by Crippen LogP contribution is -2.30. The summed E-state index contributed by atoms with van der Waals surface area (Å²) in [5, 5.41) is 10.6. The first-order valence-corrected chi connectivity index (χ1v) is 43.0. The number of phosphoric ester groups is 2. The minimum Gasteiger partial charge on any atom is -0.462 e. The van der Waals surface area contributed by atoms with E-state index in [1.807, 2.05) is 0 Å². The van der Waals surface area contributed by atoms with Crippen LogP contribution in [0.1, 0.15) is 401 Å². The molecule has 3 N–H and O–H groups in total. The monoisotopic (exact) mass is 1410 g/mol. The van der Waals surface area contributed by atoms with Crippen molar-refractivity contribution in [2.24, 2.45) is 11.8 Å². The molecular formula is C77H150O17P2. The van der Waals surface area contributed by atoms with Gasteiger partial charge in [0.15, 0.2) is 12.2 Å². The van der Waals surface area contributed by atoms with Gasteiger partial charge in [0.1, 0.15) is 19.3 Å². The number of aliphatic hydroxyl groups excluding tert-OH is 1. The number of carbonyl (C=O) groups excluding carboxylic acids is 4. The standard InChI is InChI=1S/C77H150O17P2/c1-7-10-12-14-16-18-20-21-22-23-27-31-35-42-48-54-60-75(80)88-65-72(93-76(81)61-55-49-43-36-32-28-25-24-26-30-33-40-46-52-58-70(6)9-3)67-91-95(83,84)89-63-71(78)64-90-96(85,86)92-68-73(94-77(82)62-56-50-44-38-37-39-45-51-57-69(4)5)66-87-74(79)59-53-47-41-34-29-19-17-15-13-11-8-2/h69-73,78H,7-68H2,1-6H3,(H,83,84)(H,85,86)/t70?,71-,72-,73-/m1/s1. The lowest BCUT2D eigenvalue weighted by molar-refractivity contribution is -0.161. The van der Waals surface area contributed by atoms with Crippen molar-refractivity contribution >= 4 is 39.5 Å². The van der Waals surface area contributed by atoms with Gasteiger partial charge in [-0.05, 0) is 37.5 Å². The van der Waals surface area contributed by atoms with Gasteiger partial charge in [0.05, 0.1) is 26.4 Å². The number of unbranched alkanes of at least 4 members (excludes halogenated alkanes) is 45. The molecule has 0 aliphatic heterocycles. The second-order valence-electron chi connectivity index (χ2n) is 28.5. The van der Waals surface area contributed by atoms with Crippen LogP contribution < -0.4 is 0 Å². The molecule has 0 fully saturated rings. The molecule has 0 aromatic heterocycles. The van der Waals surface area contributed by atoms with Crippen molar-refractivity contribution in [1.82, 2.24) is 0 Å². The highest BCUT2D eigenvalue weighted by molar-refractivity contribution is 7.47. The Morgan fingerprint density at radius 2 is 0.531 bits per heavy atom. The van der Waals surface area contributed by atoms with E-state index >= 15 is 0 Å². The fraction of sp³-hybridized carbons (Fsp3) is 0.948. The van der Waals surface area contributed by atoms with Crippen molar-refractivity contribution in [3.63, 3.8) is 0 Å². The van der Waals surface area contributed by atoms with Crippen molar-refractivity contribution in [3.05, 3.63) is 0 Å². The maximum absolute atomic E-state index is 13.1. The third kappa shape index (κ3) is 69.2. The van der Waals surface area contributed by atoms with Crippen LogP contribution in [0, 0.1) is 11.8 Å². The average Bonchev–Trinajstić information content (AvgIpc) is 1.09. The predicted molar refractivity (Wildman–Crippen MR) is 391 cm³/mol. The van der Waals surface area contributed by atoms with Crippen LogP contribution in [0.2, 0.25) is 0 Å². The number of aliphatic hydroxyl groups is 1. The molecule has 0 spiro atoms. The minimum absolute atomic E-state index is 0.105. The Hall–Kier alpha value is -1.94. The predicted octanol–water partition coefficient (Wildman–Crippen LogP) is 22.7. The van der Waals surface area contributed by atoms with E-state index in [-0.39, 0.29) is 25.7 Å². The summed E-state index contributed by atoms with van der Waals surface area (Å²) in [5.41, 5.74) is 0. The fourth-order valence-electron chi connectivity index (χ4n) is 11.8. The zero-order chi connectivity index (χ0) is 70.7. The van der Waals surface area contributed by atoms with Crippen LogP contribution in [-0.4, -0.2) is 96.7 Å². The smallest absolute Gasteiger partial charge is 0.462 e. The molecule has 0 heterocycles. The number of esters is 4. The van der Waals surface area contributed by atoms with E-state index in [9.17, 15) is 43.2 Å². The first-order chi connectivity index (χ1) is 46.4. The van der Waals surface area contributed by atoms with Crippen LogP contribution >= 0.6 is 15.6 Å². The Balaban J connectivity index is 5.24. The molecule has 17 nitrogen and oxygen atoms in total. The van der Waals surface area contributed by atoms with Crippen molar-refractivity contribution in [2.75, 3.05) is 39.6 Å². The summed E-state index contributed by atoms with van der Waals surface area (Å²) in [6, 6.07) is 0. The molecule has 19 heteroatoms. The molecule has 0 aromatic rings. The van der Waals surface area contributed by atoms with Gasteiger partial charge in [-0.15, -0.1) is 0 Å². The van der Waals surface area contributed by atoms with Crippen molar-refractivity contribution in [1.29, 1.82) is 0 Å². The Morgan fingerprint density at radius 1 is 0.302 bits per heavy atom. The molecule has 0 aliphatic carbocycles. The molecule has 570 valence electrons. The second kappa shape index (κ2) is 68.8. The van der Waals surface area contributed by atoms with Gasteiger partial charge in [-0.1, -0.05) is 350 Å². The zero-order valence-electron chi connectivity index (χ0n) is 62.7. The fourth-order valence-corrected chi connectivity index (χ4v) is 13.4. The summed E-state index contributed by atoms with van der Waals surface area (Å²) < 4.78 is 68.6. The van der Waals surface area contributed by atoms with E-state index in [4.69, 9.17) is 37.0 Å². The molecule has 0 aliphatic rings. The summed E-state index contributed by atoms with van der Waals surface area (Å²) in [4.78, 5) is 72.8. The maximum atomic E-state index is 13.1. The molecule has 3 unspecified atom stereocenters. The molecule has 0 radical (unpaired) electrons. The number of ether oxygens (including phenoxy) is 4. The van der Waals surface area contributed by atoms with E-state index in [1.54, 1.807) is 0 Å². The Morgan fingerprint density at radius 3 is 0.792 bits per heavy atom. The topological polar surface area (TPSA) is 237 Å². The highest BCUT2D eigenvalue weighted by Crippen LogP contribution is 2.45. The third-order valence-electron chi connectivity index (χ3n) is 18.3. The number of carbonyl (C=O) groups is 4. The van der Waals surface area contributed by atoms with E-state index in [1.165, 1.54) is 218 Å². The summed E-state index contributed by atoms with van der Waals surface area (Å²) in [6.07, 6.45) is 56.8. The van der Waals surface area contributed by atoms with E-state index in [2.05, 4.69) is 41.5 Å². The number of rotatable bonds is 76. The van der Waals surface area contributed by atoms with Gasteiger partial charge in [0.25, 0.3) is 0 Å². The minimum atomic E-state index is -4.96. The lowest BCUT2D eigenvalue weighted by Gasteiger charge is -2.21. The Bertz CT molecular complexity index is 1860. The first kappa shape index (κ1) is 94.1. The molecule has 6 atom stereocenters. The van der Waals surface area contributed by atoms with Crippen LogP contribution in [-0.2, 0) is 65.4 Å². The summed E-state index contributed by atoms with van der Waals surface area (Å²) in [6.45, 7) is 9.62. The molecule has 0 rings (SSSR count). The van der Waals surface area contributed by atoms with Crippen LogP contribution in [0.25, 0.3) is 0 Å². The lowest BCUT2D eigenvalue weighted by atomic mass is 9.99. The highest BCUT2D eigenvalue weighted by atomic mass is 31.2. The molecule has 0 saturated carbocycles. The second-order valence-corrected chi connectivity index (χ2v) is 31.4. The normalized spacial score (nSPS) is 14.3. The molecule has 0 aromatic carbocycles. The number of hydrogen-bond donors (Lipinski definition) is 3. The maximum Gasteiger partial charge on any atom is 0.472 e. The average molecular weight is 1410 g/mol. The van der Waals surface area contributed by atoms with Crippen LogP contribution in [0.4, 0.5) is 0 Å². The molecule has 0 saturated heterocycles. The van der Waals surface area contributed by atoms with Crippen molar-refractivity contribution in [2.45, 2.75) is 419 Å². The van der Waals surface area contributed by atoms with Crippen LogP contribution in [0.15, 0.2) is 0 Å². The largest absolute Gasteiger partial charge is 0.472 e. The van der Waals surface area contributed by atoms with E-state index in [0.29, 0.717) is 25.7 Å². The SMILES string of the molecule is CCCCCCCCCCCCCCCCCCC(=O)OC[C@H](COP(=O)(O)OC[C@@H](O)COP(=O)(O)OC[C@@H](COC(=O)CCCCCCCCCCCCC)OC(=O)CCCCCCCCCCC(C)C)OC(=O)CCCCCCCCCCCCCCCCC(C)CC. The summed E-state index contributed by atoms with van der Waals surface area (Å²) >= 11 is 0. The van der Waals surface area contributed by atoms with Gasteiger partial charge in [-0.25, -0.2) is 9.13 Å². The van der Waals surface area contributed by atoms with Crippen molar-refractivity contribution in [3.8, 4) is 0 Å². The summed E-state index contributed by atoms with van der Waals surface area (Å²) in [7, 11) is -9.91. The van der Waals surface area contributed by atoms with Gasteiger partial charge in [0.2, 0.25) is 0 Å². The van der Waals surface area contributed by atoms with Gasteiger partial charge in [-0.3, -0.25) is 37.3 Å². The van der Waals surface area contributed by atoms with Crippen LogP contribution in [0.5, 0.6) is 0 Å². The zero-order valence-corrected chi connectivity index (χ0v) is 64.5. The third-order valence-corrected chi connectivity index (χ3v) is 20.2. The highest BCUT2D eigenvalue weighted by Gasteiger charge is 2.30.